The van der Waals surface area contributed by atoms with Crippen molar-refractivity contribution in [3.63, 3.8) is 0 Å². The first-order valence-corrected chi connectivity index (χ1v) is 13.5. The van der Waals surface area contributed by atoms with Crippen molar-refractivity contribution in [1.29, 1.82) is 0 Å². The molecule has 3 aromatic carbocycles. The Morgan fingerprint density at radius 2 is 1.73 bits per heavy atom. The monoisotopic (exact) mass is 567 g/mol. The van der Waals surface area contributed by atoms with E-state index < -0.39 is 17.7 Å². The van der Waals surface area contributed by atoms with E-state index in [1.807, 2.05) is 30.3 Å². The number of halogens is 3. The molecule has 0 radical (unpaired) electrons. The quantitative estimate of drug-likeness (QED) is 0.238. The number of hydrogen-bond donors (Lipinski definition) is 2. The van der Waals surface area contributed by atoms with Gasteiger partial charge in [-0.15, -0.1) is 0 Å². The molecule has 216 valence electrons. The number of benzene rings is 3. The van der Waals surface area contributed by atoms with Crippen LogP contribution in [-0.4, -0.2) is 30.2 Å². The maximum Gasteiger partial charge on any atom is 0.416 e. The number of aliphatic hydroxyl groups is 1. The molecule has 0 spiro atoms. The zero-order chi connectivity index (χ0) is 29.4. The van der Waals surface area contributed by atoms with E-state index >= 15 is 0 Å². The maximum absolute atomic E-state index is 13.8. The van der Waals surface area contributed by atoms with E-state index in [0.717, 1.165) is 23.3 Å². The summed E-state index contributed by atoms with van der Waals surface area (Å²) in [4.78, 5) is 25.1. The summed E-state index contributed by atoms with van der Waals surface area (Å²) in [5.74, 6) is -0.581. The number of anilines is 1. The first-order chi connectivity index (χ1) is 19.7. The second-order valence-electron chi connectivity index (χ2n) is 9.69. The summed E-state index contributed by atoms with van der Waals surface area (Å²) >= 11 is 0. The average Bonchev–Trinajstić information content (AvgIpc) is 3.45. The summed E-state index contributed by atoms with van der Waals surface area (Å²) in [5.41, 5.74) is 3.08. The molecule has 3 aromatic rings. The summed E-state index contributed by atoms with van der Waals surface area (Å²) in [6, 6.07) is 17.7. The van der Waals surface area contributed by atoms with Crippen LogP contribution in [0.25, 0.3) is 11.1 Å². The smallest absolute Gasteiger partial charge is 0.416 e. The fraction of sp³-hybridized carbons (Fsp3) is 0.312. The molecule has 0 saturated carbocycles. The largest absolute Gasteiger partial charge is 0.488 e. The van der Waals surface area contributed by atoms with Crippen LogP contribution in [-0.2, 0) is 22.3 Å². The number of rotatable bonds is 11. The molecule has 0 aliphatic heterocycles. The Kier molecular flexibility index (Phi) is 9.83. The van der Waals surface area contributed by atoms with Gasteiger partial charge in [-0.2, -0.15) is 13.2 Å². The molecule has 1 amide bonds. The van der Waals surface area contributed by atoms with E-state index in [0.29, 0.717) is 47.4 Å². The van der Waals surface area contributed by atoms with Crippen LogP contribution in [0.4, 0.5) is 18.9 Å². The molecular weight excluding hydrogens is 535 g/mol. The Bertz CT molecular complexity index is 1420. The number of alkyl halides is 3. The lowest BCUT2D eigenvalue weighted by Crippen LogP contribution is -2.13. The van der Waals surface area contributed by atoms with Gasteiger partial charge in [-0.05, 0) is 91.3 Å². The first kappa shape index (κ1) is 29.9. The van der Waals surface area contributed by atoms with Gasteiger partial charge in [0.15, 0.2) is 0 Å². The Morgan fingerprint density at radius 3 is 2.44 bits per heavy atom. The van der Waals surface area contributed by atoms with Gasteiger partial charge in [0, 0.05) is 24.3 Å². The van der Waals surface area contributed by atoms with Gasteiger partial charge in [0.1, 0.15) is 12.4 Å². The zero-order valence-corrected chi connectivity index (χ0v) is 22.7. The molecule has 41 heavy (non-hydrogen) atoms. The molecule has 0 saturated heterocycles. The van der Waals surface area contributed by atoms with E-state index in [4.69, 9.17) is 14.6 Å². The van der Waals surface area contributed by atoms with Crippen LogP contribution in [0.2, 0.25) is 0 Å². The lowest BCUT2D eigenvalue weighted by atomic mass is 9.93. The van der Waals surface area contributed by atoms with E-state index in [9.17, 15) is 22.8 Å². The molecule has 0 heterocycles. The average molecular weight is 568 g/mol. The van der Waals surface area contributed by atoms with E-state index in [1.54, 1.807) is 19.1 Å². The maximum atomic E-state index is 13.8. The third-order valence-corrected chi connectivity index (χ3v) is 6.73. The van der Waals surface area contributed by atoms with Gasteiger partial charge < -0.3 is 19.9 Å². The van der Waals surface area contributed by atoms with Crippen LogP contribution in [0.5, 0.6) is 5.75 Å². The van der Waals surface area contributed by atoms with Crippen molar-refractivity contribution in [3.05, 3.63) is 94.5 Å². The number of carbonyl (C=O) groups excluding carboxylic acids is 2. The lowest BCUT2D eigenvalue weighted by Gasteiger charge is -2.18. The van der Waals surface area contributed by atoms with Gasteiger partial charge in [0.05, 0.1) is 17.7 Å². The van der Waals surface area contributed by atoms with E-state index in [2.05, 4.69) is 5.32 Å². The van der Waals surface area contributed by atoms with Crippen LogP contribution in [0.3, 0.4) is 0 Å². The summed E-state index contributed by atoms with van der Waals surface area (Å²) < 4.78 is 52.5. The Balaban J connectivity index is 1.80. The van der Waals surface area contributed by atoms with Gasteiger partial charge in [0.2, 0.25) is 5.91 Å². The van der Waals surface area contributed by atoms with Crippen molar-refractivity contribution in [2.45, 2.75) is 51.8 Å². The predicted molar refractivity (Wildman–Crippen MR) is 150 cm³/mol. The highest BCUT2D eigenvalue weighted by Crippen LogP contribution is 2.45. The van der Waals surface area contributed by atoms with Gasteiger partial charge in [-0.25, -0.2) is 4.79 Å². The van der Waals surface area contributed by atoms with Gasteiger partial charge >= 0.3 is 12.1 Å². The summed E-state index contributed by atoms with van der Waals surface area (Å²) in [6.07, 6.45) is -2.39. The van der Waals surface area contributed by atoms with Crippen LogP contribution in [0.15, 0.2) is 66.7 Å². The van der Waals surface area contributed by atoms with E-state index in [1.165, 1.54) is 12.1 Å². The number of esters is 1. The van der Waals surface area contributed by atoms with E-state index in [-0.39, 0.29) is 44.1 Å². The number of nitrogens with one attached hydrogen (secondary N) is 1. The minimum absolute atomic E-state index is 0.0930. The van der Waals surface area contributed by atoms with Crippen LogP contribution < -0.4 is 10.1 Å². The third kappa shape index (κ3) is 7.76. The first-order valence-electron chi connectivity index (χ1n) is 13.5. The van der Waals surface area contributed by atoms with Crippen molar-refractivity contribution >= 4 is 28.7 Å². The number of aliphatic hydroxyl groups excluding tert-OH is 1. The van der Waals surface area contributed by atoms with Crippen LogP contribution >= 0.6 is 0 Å². The fourth-order valence-corrected chi connectivity index (χ4v) is 4.83. The molecule has 6 nitrogen and oxygen atoms in total. The van der Waals surface area contributed by atoms with Crippen molar-refractivity contribution in [1.82, 2.24) is 0 Å². The Hall–Kier alpha value is -4.11. The molecule has 0 unspecified atom stereocenters. The molecule has 0 atom stereocenters. The zero-order valence-electron chi connectivity index (χ0n) is 22.7. The van der Waals surface area contributed by atoms with Crippen molar-refractivity contribution < 1.29 is 37.3 Å². The highest BCUT2D eigenvalue weighted by Gasteiger charge is 2.32. The highest BCUT2D eigenvalue weighted by atomic mass is 19.4. The van der Waals surface area contributed by atoms with Gasteiger partial charge in [-0.3, -0.25) is 4.79 Å². The Labute approximate surface area is 236 Å². The molecule has 9 heteroatoms. The summed E-state index contributed by atoms with van der Waals surface area (Å²) in [6.45, 7) is 1.89. The molecule has 0 bridgehead atoms. The normalized spacial score (nSPS) is 13.3. The van der Waals surface area contributed by atoms with Crippen molar-refractivity contribution in [2.24, 2.45) is 0 Å². The summed E-state index contributed by atoms with van der Waals surface area (Å²) in [7, 11) is 0. The molecule has 4 rings (SSSR count). The Morgan fingerprint density at radius 1 is 0.976 bits per heavy atom. The molecule has 1 aliphatic rings. The number of hydrogen-bond acceptors (Lipinski definition) is 5. The number of carbonyl (C=O) groups is 2. The highest BCUT2D eigenvalue weighted by molar-refractivity contribution is 5.99. The second-order valence-corrected chi connectivity index (χ2v) is 9.69. The fourth-order valence-electron chi connectivity index (χ4n) is 4.83. The van der Waals surface area contributed by atoms with Crippen LogP contribution in [0, 0.1) is 0 Å². The SMILES string of the molecule is CCOC(=O)c1cc(NC(=O)CCCO)cc(C2=C(c3cc(C(F)(F)F)ccc3OCc3ccccc3)CCC2)c1. The molecule has 2 N–H and O–H groups in total. The second kappa shape index (κ2) is 13.5. The predicted octanol–water partition coefficient (Wildman–Crippen LogP) is 7.27. The van der Waals surface area contributed by atoms with Crippen LogP contribution in [0.1, 0.15) is 71.6 Å². The molecule has 1 aliphatic carbocycles. The minimum Gasteiger partial charge on any atom is -0.488 e. The minimum atomic E-state index is -4.54. The number of amides is 1. The summed E-state index contributed by atoms with van der Waals surface area (Å²) in [5, 5.41) is 11.8. The number of allylic oxidation sites excluding steroid dienone is 2. The van der Waals surface area contributed by atoms with Crippen molar-refractivity contribution in [3.8, 4) is 5.75 Å². The molecule has 0 aromatic heterocycles. The lowest BCUT2D eigenvalue weighted by molar-refractivity contribution is -0.137. The molecular formula is C32H32F3NO5. The van der Waals surface area contributed by atoms with Gasteiger partial charge in [0.25, 0.3) is 0 Å². The molecule has 0 fully saturated rings. The van der Waals surface area contributed by atoms with Gasteiger partial charge in [-0.1, -0.05) is 30.3 Å². The number of ether oxygens (including phenoxy) is 2. The third-order valence-electron chi connectivity index (χ3n) is 6.73. The topological polar surface area (TPSA) is 84.9 Å². The standard InChI is InChI=1S/C32H32F3NO5/c1-2-40-31(39)23-16-22(17-25(18-23)36-30(38)12-7-15-37)26-10-6-11-27(26)28-19-24(32(33,34)35)13-14-29(28)41-20-21-8-4-3-5-9-21/h3-5,8-9,13-14,16-19,37H,2,6-7,10-12,15,20H2,1H3,(H,36,38). The van der Waals surface area contributed by atoms with Crippen molar-refractivity contribution in [2.75, 3.05) is 18.5 Å².